The number of ether oxygens (including phenoxy) is 1. The molecule has 0 rings (SSSR count). The molecule has 0 amide bonds. The third-order valence-electron chi connectivity index (χ3n) is 1.64. The van der Waals surface area contributed by atoms with Gasteiger partial charge in [0.15, 0.2) is 0 Å². The lowest BCUT2D eigenvalue weighted by Crippen LogP contribution is -1.99. The van der Waals surface area contributed by atoms with Crippen LogP contribution in [0, 0.1) is 0 Å². The van der Waals surface area contributed by atoms with Crippen molar-refractivity contribution in [3.63, 3.8) is 0 Å². The fourth-order valence-electron chi connectivity index (χ4n) is 0.870. The topological polar surface area (TPSA) is 52.3 Å². The van der Waals surface area contributed by atoms with Crippen molar-refractivity contribution < 1.29 is 9.53 Å². The van der Waals surface area contributed by atoms with Crippen LogP contribution < -0.4 is 5.73 Å². The van der Waals surface area contributed by atoms with Crippen LogP contribution in [0.5, 0.6) is 0 Å². The third kappa shape index (κ3) is 7.16. The highest BCUT2D eigenvalue weighted by atomic mass is 16.5. The minimum Gasteiger partial charge on any atom is -0.469 e. The summed E-state index contributed by atoms with van der Waals surface area (Å²) in [6, 6.07) is 0. The van der Waals surface area contributed by atoms with Gasteiger partial charge in [-0.1, -0.05) is 24.8 Å². The van der Waals surface area contributed by atoms with E-state index in [2.05, 4.69) is 17.9 Å². The molecule has 3 heteroatoms. The minimum absolute atomic E-state index is 0.190. The summed E-state index contributed by atoms with van der Waals surface area (Å²) in [5.74, 6) is -0.190. The number of hydrogen-bond donors (Lipinski definition) is 1. The van der Waals surface area contributed by atoms with Gasteiger partial charge in [0.25, 0.3) is 0 Å². The average Bonchev–Trinajstić information content (AvgIpc) is 2.14. The Kier molecular flexibility index (Phi) is 6.20. The lowest BCUT2D eigenvalue weighted by Gasteiger charge is -1.99. The van der Waals surface area contributed by atoms with Gasteiger partial charge in [-0.2, -0.15) is 0 Å². The van der Waals surface area contributed by atoms with Gasteiger partial charge in [-0.05, 0) is 18.9 Å². The molecule has 0 aromatic carbocycles. The quantitative estimate of drug-likeness (QED) is 0.520. The summed E-state index contributed by atoms with van der Waals surface area (Å²) >= 11 is 0. The molecular weight excluding hydrogens is 178 g/mol. The molecule has 0 aliphatic carbocycles. The number of carbonyl (C=O) groups excluding carboxylic acids is 1. The first-order valence-electron chi connectivity index (χ1n) is 4.43. The van der Waals surface area contributed by atoms with Gasteiger partial charge in [-0.15, -0.1) is 0 Å². The number of carbonyl (C=O) groups is 1. The van der Waals surface area contributed by atoms with Crippen molar-refractivity contribution in [2.75, 3.05) is 7.11 Å². The summed E-state index contributed by atoms with van der Waals surface area (Å²) < 4.78 is 4.51. The minimum atomic E-state index is -0.190. The molecule has 78 valence electrons. The van der Waals surface area contributed by atoms with E-state index in [-0.39, 0.29) is 5.97 Å². The van der Waals surface area contributed by atoms with Crippen LogP contribution in [0.3, 0.4) is 0 Å². The Balaban J connectivity index is 3.65. The van der Waals surface area contributed by atoms with Crippen molar-refractivity contribution in [1.82, 2.24) is 0 Å². The number of nitrogens with two attached hydrogens (primary N) is 1. The molecule has 0 spiro atoms. The lowest BCUT2D eigenvalue weighted by atomic mass is 10.1. The van der Waals surface area contributed by atoms with Gasteiger partial charge in [0.1, 0.15) is 0 Å². The second-order valence-corrected chi connectivity index (χ2v) is 3.00. The number of rotatable bonds is 6. The van der Waals surface area contributed by atoms with E-state index in [1.807, 2.05) is 0 Å². The summed E-state index contributed by atoms with van der Waals surface area (Å²) in [7, 11) is 1.38. The Hall–Kier alpha value is -1.51. The Morgan fingerprint density at radius 2 is 2.00 bits per heavy atom. The summed E-state index contributed by atoms with van der Waals surface area (Å²) in [6.07, 6.45) is 5.43. The number of hydrogen-bond acceptors (Lipinski definition) is 3. The van der Waals surface area contributed by atoms with Gasteiger partial charge in [-0.3, -0.25) is 4.79 Å². The van der Waals surface area contributed by atoms with Crippen LogP contribution in [0.15, 0.2) is 36.6 Å². The summed E-state index contributed by atoms with van der Waals surface area (Å²) in [6.45, 7) is 7.34. The number of allylic oxidation sites excluding steroid dienone is 3. The first kappa shape index (κ1) is 12.5. The van der Waals surface area contributed by atoms with Gasteiger partial charge in [0, 0.05) is 12.1 Å². The monoisotopic (exact) mass is 195 g/mol. The van der Waals surface area contributed by atoms with E-state index in [1.54, 1.807) is 12.2 Å². The molecule has 0 aliphatic heterocycles. The molecule has 0 unspecified atom stereocenters. The lowest BCUT2D eigenvalue weighted by molar-refractivity contribution is -0.140. The Labute approximate surface area is 84.9 Å². The largest absolute Gasteiger partial charge is 0.469 e. The van der Waals surface area contributed by atoms with Crippen LogP contribution in [-0.2, 0) is 9.53 Å². The molecule has 3 nitrogen and oxygen atoms in total. The molecule has 0 saturated heterocycles. The van der Waals surface area contributed by atoms with Crippen molar-refractivity contribution in [2.24, 2.45) is 5.73 Å². The zero-order chi connectivity index (χ0) is 11.0. The van der Waals surface area contributed by atoms with E-state index in [1.165, 1.54) is 7.11 Å². The van der Waals surface area contributed by atoms with Gasteiger partial charge in [0.05, 0.1) is 7.11 Å². The van der Waals surface area contributed by atoms with Crippen LogP contribution in [0.2, 0.25) is 0 Å². The van der Waals surface area contributed by atoms with Crippen molar-refractivity contribution in [1.29, 1.82) is 0 Å². The van der Waals surface area contributed by atoms with Crippen molar-refractivity contribution in [3.8, 4) is 0 Å². The van der Waals surface area contributed by atoms with Crippen molar-refractivity contribution in [3.05, 3.63) is 36.6 Å². The van der Waals surface area contributed by atoms with Crippen LogP contribution in [0.4, 0.5) is 0 Å². The maximum absolute atomic E-state index is 10.8. The fourth-order valence-corrected chi connectivity index (χ4v) is 0.870. The zero-order valence-corrected chi connectivity index (χ0v) is 8.58. The molecule has 0 heterocycles. The molecule has 2 N–H and O–H groups in total. The van der Waals surface area contributed by atoms with Gasteiger partial charge in [0.2, 0.25) is 0 Å². The van der Waals surface area contributed by atoms with E-state index in [0.717, 1.165) is 18.4 Å². The smallest absolute Gasteiger partial charge is 0.305 e. The fraction of sp³-hybridized carbons (Fsp3) is 0.364. The van der Waals surface area contributed by atoms with Crippen molar-refractivity contribution >= 4 is 5.97 Å². The first-order valence-corrected chi connectivity index (χ1v) is 4.43. The standard InChI is InChI=1S/C11H17NO2/c1-9(7-8-10(2)12)5-4-6-11(13)14-3/h7-8H,1-2,4-6,12H2,3H3/b8-7-. The van der Waals surface area contributed by atoms with Crippen molar-refractivity contribution in [2.45, 2.75) is 19.3 Å². The maximum Gasteiger partial charge on any atom is 0.305 e. The third-order valence-corrected chi connectivity index (χ3v) is 1.64. The predicted octanol–water partition coefficient (Wildman–Crippen LogP) is 1.91. The predicted molar refractivity (Wildman–Crippen MR) is 57.5 cm³/mol. The normalized spacial score (nSPS) is 10.1. The number of esters is 1. The van der Waals surface area contributed by atoms with Gasteiger partial charge < -0.3 is 10.5 Å². The maximum atomic E-state index is 10.8. The van der Waals surface area contributed by atoms with Crippen LogP contribution in [0.1, 0.15) is 19.3 Å². The molecule has 0 aromatic rings. The molecule has 0 aromatic heterocycles. The Morgan fingerprint density at radius 3 is 2.50 bits per heavy atom. The average molecular weight is 195 g/mol. The van der Waals surface area contributed by atoms with E-state index in [4.69, 9.17) is 5.73 Å². The summed E-state index contributed by atoms with van der Waals surface area (Å²) in [5, 5.41) is 0. The zero-order valence-electron chi connectivity index (χ0n) is 8.58. The highest BCUT2D eigenvalue weighted by molar-refractivity contribution is 5.69. The summed E-state index contributed by atoms with van der Waals surface area (Å²) in [4.78, 5) is 10.8. The van der Waals surface area contributed by atoms with Crippen LogP contribution >= 0.6 is 0 Å². The van der Waals surface area contributed by atoms with E-state index >= 15 is 0 Å². The SMILES string of the molecule is C=C(N)/C=C\C(=C)CCCC(=O)OC. The Morgan fingerprint density at radius 1 is 1.36 bits per heavy atom. The highest BCUT2D eigenvalue weighted by Gasteiger charge is 1.99. The second-order valence-electron chi connectivity index (χ2n) is 3.00. The molecule has 0 fully saturated rings. The number of methoxy groups -OCH3 is 1. The summed E-state index contributed by atoms with van der Waals surface area (Å²) in [5.41, 5.74) is 6.77. The van der Waals surface area contributed by atoms with E-state index in [0.29, 0.717) is 12.1 Å². The molecular formula is C11H17NO2. The Bertz CT molecular complexity index is 254. The first-order chi connectivity index (χ1) is 6.56. The van der Waals surface area contributed by atoms with Crippen LogP contribution in [-0.4, -0.2) is 13.1 Å². The molecule has 14 heavy (non-hydrogen) atoms. The van der Waals surface area contributed by atoms with E-state index in [9.17, 15) is 4.79 Å². The molecule has 0 bridgehead atoms. The van der Waals surface area contributed by atoms with Crippen LogP contribution in [0.25, 0.3) is 0 Å². The molecule has 0 radical (unpaired) electrons. The molecule has 0 aliphatic rings. The van der Waals surface area contributed by atoms with Gasteiger partial charge >= 0.3 is 5.97 Å². The molecule has 0 saturated carbocycles. The molecule has 0 atom stereocenters. The van der Waals surface area contributed by atoms with E-state index < -0.39 is 0 Å². The van der Waals surface area contributed by atoms with Gasteiger partial charge in [-0.25, -0.2) is 0 Å². The highest BCUT2D eigenvalue weighted by Crippen LogP contribution is 2.07. The second kappa shape index (κ2) is 6.95.